The maximum Gasteiger partial charge on any atom is 0.277 e. The molecule has 2 amide bonds. The van der Waals surface area contributed by atoms with Gasteiger partial charge in [0.25, 0.3) is 17.6 Å². The van der Waals surface area contributed by atoms with Crippen molar-refractivity contribution in [2.75, 3.05) is 32.2 Å². The van der Waals surface area contributed by atoms with Crippen LogP contribution in [0.4, 0.5) is 11.6 Å². The van der Waals surface area contributed by atoms with Crippen molar-refractivity contribution in [1.82, 2.24) is 24.8 Å². The zero-order valence-corrected chi connectivity index (χ0v) is 21.2. The quantitative estimate of drug-likeness (QED) is 0.357. The number of aromatic nitrogens is 4. The highest BCUT2D eigenvalue weighted by molar-refractivity contribution is 6.31. The molecule has 0 fully saturated rings. The van der Waals surface area contributed by atoms with E-state index in [0.717, 1.165) is 29.7 Å². The third-order valence-corrected chi connectivity index (χ3v) is 6.07. The number of methoxy groups -OCH3 is 1. The van der Waals surface area contributed by atoms with E-state index in [4.69, 9.17) is 27.8 Å². The third-order valence-electron chi connectivity index (χ3n) is 5.80. The molecule has 3 aromatic rings. The van der Waals surface area contributed by atoms with E-state index in [1.54, 1.807) is 19.1 Å². The summed E-state index contributed by atoms with van der Waals surface area (Å²) in [6.07, 6.45) is 1.93. The highest BCUT2D eigenvalue weighted by Gasteiger charge is 2.28. The van der Waals surface area contributed by atoms with Gasteiger partial charge in [0.05, 0.1) is 13.7 Å². The van der Waals surface area contributed by atoms with Crippen LogP contribution in [0.2, 0.25) is 5.15 Å². The molecule has 5 N–H and O–H groups in total. The Bertz CT molecular complexity index is 1240. The number of aryl methyl sites for hydroxylation is 1. The zero-order valence-electron chi connectivity index (χ0n) is 20.5. The number of ether oxygens (including phenoxy) is 1. The number of nitrogens with two attached hydrogens (primary N) is 2. The predicted molar refractivity (Wildman–Crippen MR) is 134 cm³/mol. The van der Waals surface area contributed by atoms with Gasteiger partial charge in [-0.2, -0.15) is 0 Å². The average molecular weight is 504 g/mol. The molecule has 188 valence electrons. The normalized spacial score (nSPS) is 11.0. The van der Waals surface area contributed by atoms with Gasteiger partial charge in [-0.3, -0.25) is 9.59 Å². The van der Waals surface area contributed by atoms with Crippen molar-refractivity contribution in [3.05, 3.63) is 34.9 Å². The number of nitrogens with zero attached hydrogens (tertiary/aromatic N) is 5. The van der Waals surface area contributed by atoms with Crippen LogP contribution in [0.25, 0.3) is 11.0 Å². The van der Waals surface area contributed by atoms with Gasteiger partial charge in [0.1, 0.15) is 12.3 Å². The molecule has 0 unspecified atom stereocenters. The minimum absolute atomic E-state index is 0.0255. The van der Waals surface area contributed by atoms with E-state index in [2.05, 4.69) is 22.2 Å². The Kier molecular flexibility index (Phi) is 8.34. The van der Waals surface area contributed by atoms with Crippen molar-refractivity contribution in [3.63, 3.8) is 0 Å². The Hall–Kier alpha value is -3.60. The van der Waals surface area contributed by atoms with Gasteiger partial charge in [0.2, 0.25) is 0 Å². The monoisotopic (exact) mass is 503 g/mol. The summed E-state index contributed by atoms with van der Waals surface area (Å²) in [6, 6.07) is 5.67. The van der Waals surface area contributed by atoms with Crippen LogP contribution in [0.3, 0.4) is 0 Å². The number of carbonyl (C=O) groups is 2. The number of carbonyl (C=O) groups excluding carboxylic acids is 2. The Labute approximate surface area is 209 Å². The summed E-state index contributed by atoms with van der Waals surface area (Å²) in [4.78, 5) is 35.5. The van der Waals surface area contributed by atoms with Gasteiger partial charge in [-0.1, -0.05) is 24.9 Å². The number of likely N-dealkylation sites (N-methyl/N-ethyl adjacent to an activating group) is 1. The molecule has 3 rings (SSSR count). The Morgan fingerprint density at radius 2 is 1.97 bits per heavy atom. The molecule has 0 radical (unpaired) electrons. The molecule has 0 aliphatic heterocycles. The van der Waals surface area contributed by atoms with Gasteiger partial charge in [0.15, 0.2) is 40.1 Å². The van der Waals surface area contributed by atoms with Crippen LogP contribution in [0, 0.1) is 0 Å². The van der Waals surface area contributed by atoms with E-state index in [0.29, 0.717) is 18.8 Å². The van der Waals surface area contributed by atoms with Crippen molar-refractivity contribution in [2.24, 2.45) is 0 Å². The van der Waals surface area contributed by atoms with Crippen LogP contribution in [-0.4, -0.2) is 52.0 Å². The number of amides is 2. The van der Waals surface area contributed by atoms with E-state index < -0.39 is 5.91 Å². The lowest BCUT2D eigenvalue weighted by Gasteiger charge is -2.16. The van der Waals surface area contributed by atoms with E-state index in [9.17, 15) is 9.59 Å². The summed E-state index contributed by atoms with van der Waals surface area (Å²) < 4.78 is 9.35. The largest absolute Gasteiger partial charge is 0.497 e. The van der Waals surface area contributed by atoms with Gasteiger partial charge in [-0.05, 0) is 25.5 Å². The topological polar surface area (TPSA) is 145 Å². The number of rotatable bonds is 10. The Morgan fingerprint density at radius 3 is 2.63 bits per heavy atom. The molecule has 11 nitrogen and oxygen atoms in total. The third kappa shape index (κ3) is 5.56. The summed E-state index contributed by atoms with van der Waals surface area (Å²) in [5.74, 6) is 0.672. The second kappa shape index (κ2) is 11.2. The van der Waals surface area contributed by atoms with E-state index in [1.807, 2.05) is 34.3 Å². The lowest BCUT2D eigenvalue weighted by Crippen LogP contribution is -2.47. The maximum atomic E-state index is 13.0. The van der Waals surface area contributed by atoms with Crippen LogP contribution in [0.1, 0.15) is 43.0 Å². The SMILES string of the molecule is CCCCN(C)C(=O)C[n+]1c(CNC(=O)c2nc(Cl)c(N)nc2N)n(CC)c2cc(OC)ccc21. The van der Waals surface area contributed by atoms with Crippen LogP contribution in [-0.2, 0) is 24.4 Å². The fourth-order valence-corrected chi connectivity index (χ4v) is 3.97. The first kappa shape index (κ1) is 26.0. The van der Waals surface area contributed by atoms with Crippen molar-refractivity contribution in [1.29, 1.82) is 0 Å². The first-order valence-corrected chi connectivity index (χ1v) is 11.8. The molecular formula is C23H32ClN8O3+. The number of fused-ring (bicyclic) bond motifs is 1. The van der Waals surface area contributed by atoms with Crippen LogP contribution in [0.15, 0.2) is 18.2 Å². The van der Waals surface area contributed by atoms with Gasteiger partial charge in [0, 0.05) is 19.7 Å². The molecule has 0 saturated carbocycles. The Morgan fingerprint density at radius 1 is 1.23 bits per heavy atom. The summed E-state index contributed by atoms with van der Waals surface area (Å²) in [5, 5.41) is 2.72. The minimum atomic E-state index is -0.555. The second-order valence-electron chi connectivity index (χ2n) is 8.09. The number of unbranched alkanes of at least 4 members (excludes halogenated alkanes) is 1. The number of imidazole rings is 1. The fourth-order valence-electron chi connectivity index (χ4n) is 3.85. The fraction of sp³-hybridized carbons (Fsp3) is 0.435. The van der Waals surface area contributed by atoms with Gasteiger partial charge in [-0.25, -0.2) is 19.1 Å². The van der Waals surface area contributed by atoms with Crippen LogP contribution >= 0.6 is 11.6 Å². The molecule has 0 spiro atoms. The van der Waals surface area contributed by atoms with E-state index in [-0.39, 0.29) is 41.5 Å². The molecule has 0 aliphatic rings. The molecule has 2 aromatic heterocycles. The van der Waals surface area contributed by atoms with Gasteiger partial charge >= 0.3 is 0 Å². The Balaban J connectivity index is 1.99. The molecule has 0 atom stereocenters. The summed E-state index contributed by atoms with van der Waals surface area (Å²) in [5.41, 5.74) is 13.1. The first-order valence-electron chi connectivity index (χ1n) is 11.4. The molecule has 35 heavy (non-hydrogen) atoms. The highest BCUT2D eigenvalue weighted by Crippen LogP contribution is 2.22. The number of anilines is 2. The molecule has 12 heteroatoms. The van der Waals surface area contributed by atoms with Crippen LogP contribution in [0.5, 0.6) is 5.75 Å². The molecule has 0 aliphatic carbocycles. The van der Waals surface area contributed by atoms with Crippen molar-refractivity contribution in [3.8, 4) is 5.75 Å². The summed E-state index contributed by atoms with van der Waals surface area (Å²) in [6.45, 7) is 5.60. The highest BCUT2D eigenvalue weighted by atomic mass is 35.5. The molecule has 1 aromatic carbocycles. The minimum Gasteiger partial charge on any atom is -0.497 e. The van der Waals surface area contributed by atoms with E-state index >= 15 is 0 Å². The smallest absolute Gasteiger partial charge is 0.277 e. The number of halogens is 1. The van der Waals surface area contributed by atoms with Crippen molar-refractivity contribution >= 4 is 46.1 Å². The standard InChI is InChI=1S/C23H31ClN8O3/c1-5-7-10-30(3)18(33)13-32-15-9-8-14(35-4)11-16(15)31(6-2)17(32)12-27-23(34)19-21(25)29-22(26)20(24)28-19/h8-9,11H,5-7,10,12-13H2,1-4H3,(H4-,25,26,27,29,34)/p+1. The second-order valence-corrected chi connectivity index (χ2v) is 8.44. The number of hydrogen-bond donors (Lipinski definition) is 3. The van der Waals surface area contributed by atoms with Crippen LogP contribution < -0.4 is 26.1 Å². The average Bonchev–Trinajstić information content (AvgIpc) is 3.14. The van der Waals surface area contributed by atoms with Gasteiger partial charge in [-0.15, -0.1) is 0 Å². The molecular weight excluding hydrogens is 472 g/mol. The lowest BCUT2D eigenvalue weighted by molar-refractivity contribution is -0.668. The first-order chi connectivity index (χ1) is 16.7. The van der Waals surface area contributed by atoms with E-state index in [1.165, 1.54) is 0 Å². The number of nitrogen functional groups attached to an aromatic ring is 2. The lowest BCUT2D eigenvalue weighted by atomic mass is 10.3. The van der Waals surface area contributed by atoms with Crippen molar-refractivity contribution in [2.45, 2.75) is 46.3 Å². The molecule has 0 saturated heterocycles. The van der Waals surface area contributed by atoms with Gasteiger partial charge < -0.3 is 26.4 Å². The number of nitrogens with one attached hydrogen (secondary N) is 1. The summed E-state index contributed by atoms with van der Waals surface area (Å²) in [7, 11) is 3.40. The maximum absolute atomic E-state index is 13.0. The zero-order chi connectivity index (χ0) is 25.7. The summed E-state index contributed by atoms with van der Waals surface area (Å²) >= 11 is 5.93. The molecule has 2 heterocycles. The van der Waals surface area contributed by atoms with Crippen molar-refractivity contribution < 1.29 is 18.9 Å². The number of hydrogen-bond acceptors (Lipinski definition) is 7. The molecule has 0 bridgehead atoms. The number of benzene rings is 1. The predicted octanol–water partition coefficient (Wildman–Crippen LogP) is 1.75.